The smallest absolute Gasteiger partial charge is 0.225 e. The number of piperazine rings is 1. The van der Waals surface area contributed by atoms with Crippen LogP contribution in [-0.4, -0.2) is 47.8 Å². The minimum atomic E-state index is 0.111. The Kier molecular flexibility index (Phi) is 6.16. The number of hydrogen-bond acceptors (Lipinski definition) is 2. The molecule has 1 unspecified atom stereocenters. The van der Waals surface area contributed by atoms with Crippen molar-refractivity contribution < 1.29 is 9.59 Å². The number of amides is 2. The zero-order chi connectivity index (χ0) is 13.5. The Hall–Kier alpha value is -1.06. The van der Waals surface area contributed by atoms with E-state index in [0.717, 1.165) is 25.7 Å². The van der Waals surface area contributed by atoms with Gasteiger partial charge in [0.25, 0.3) is 0 Å². The van der Waals surface area contributed by atoms with E-state index in [4.69, 9.17) is 0 Å². The molecule has 0 aliphatic carbocycles. The van der Waals surface area contributed by atoms with Crippen LogP contribution in [0.1, 0.15) is 46.5 Å². The van der Waals surface area contributed by atoms with Gasteiger partial charge in [0.05, 0.1) is 0 Å². The van der Waals surface area contributed by atoms with Gasteiger partial charge in [0, 0.05) is 39.0 Å². The van der Waals surface area contributed by atoms with Gasteiger partial charge in [-0.25, -0.2) is 0 Å². The summed E-state index contributed by atoms with van der Waals surface area (Å²) in [6, 6.07) is 0. The Labute approximate surface area is 110 Å². The van der Waals surface area contributed by atoms with E-state index in [0.29, 0.717) is 26.2 Å². The van der Waals surface area contributed by atoms with Crippen molar-refractivity contribution in [2.75, 3.05) is 26.2 Å². The predicted molar refractivity (Wildman–Crippen MR) is 72.1 cm³/mol. The minimum absolute atomic E-state index is 0.111. The molecule has 0 spiro atoms. The molecule has 1 rings (SSSR count). The maximum absolute atomic E-state index is 12.3. The highest BCUT2D eigenvalue weighted by Crippen LogP contribution is 2.17. The molecule has 104 valence electrons. The maximum atomic E-state index is 12.3. The quantitative estimate of drug-likeness (QED) is 0.752. The Bertz CT molecular complexity index is 284. The second kappa shape index (κ2) is 7.39. The molecule has 0 N–H and O–H groups in total. The van der Waals surface area contributed by atoms with Crippen LogP contribution in [0, 0.1) is 5.92 Å². The molecule has 18 heavy (non-hydrogen) atoms. The second-order valence-electron chi connectivity index (χ2n) is 5.08. The van der Waals surface area contributed by atoms with Crippen molar-refractivity contribution in [2.45, 2.75) is 46.5 Å². The van der Waals surface area contributed by atoms with Gasteiger partial charge in [0.15, 0.2) is 0 Å². The largest absolute Gasteiger partial charge is 0.339 e. The summed E-state index contributed by atoms with van der Waals surface area (Å²) in [6.07, 6.45) is 4.18. The first-order valence-electron chi connectivity index (χ1n) is 7.14. The lowest BCUT2D eigenvalue weighted by Gasteiger charge is -2.36. The highest BCUT2D eigenvalue weighted by molar-refractivity contribution is 5.79. The normalized spacial score (nSPS) is 17.7. The van der Waals surface area contributed by atoms with Gasteiger partial charge in [0.2, 0.25) is 11.8 Å². The van der Waals surface area contributed by atoms with Crippen molar-refractivity contribution in [3.63, 3.8) is 0 Å². The SMILES string of the molecule is CCCCC(CC)C(=O)N1CCN(C(C)=O)CC1. The van der Waals surface area contributed by atoms with Crippen LogP contribution < -0.4 is 0 Å². The molecule has 1 fully saturated rings. The molecule has 1 heterocycles. The molecular formula is C14H26N2O2. The summed E-state index contributed by atoms with van der Waals surface area (Å²) in [4.78, 5) is 27.3. The van der Waals surface area contributed by atoms with Crippen LogP contribution in [0.3, 0.4) is 0 Å². The van der Waals surface area contributed by atoms with Gasteiger partial charge in [-0.2, -0.15) is 0 Å². The first-order valence-corrected chi connectivity index (χ1v) is 7.14. The van der Waals surface area contributed by atoms with Gasteiger partial charge in [-0.3, -0.25) is 9.59 Å². The average Bonchev–Trinajstić information content (AvgIpc) is 2.39. The fourth-order valence-electron chi connectivity index (χ4n) is 2.45. The van der Waals surface area contributed by atoms with Gasteiger partial charge in [-0.1, -0.05) is 26.7 Å². The highest BCUT2D eigenvalue weighted by Gasteiger charge is 2.26. The fraction of sp³-hybridized carbons (Fsp3) is 0.857. The molecule has 4 heteroatoms. The number of unbranched alkanes of at least 4 members (excludes halogenated alkanes) is 1. The zero-order valence-electron chi connectivity index (χ0n) is 11.9. The summed E-state index contributed by atoms with van der Waals surface area (Å²) >= 11 is 0. The maximum Gasteiger partial charge on any atom is 0.225 e. The van der Waals surface area contributed by atoms with Crippen LogP contribution in [0.4, 0.5) is 0 Å². The summed E-state index contributed by atoms with van der Waals surface area (Å²) in [5.41, 5.74) is 0. The van der Waals surface area contributed by atoms with Crippen LogP contribution in [0.15, 0.2) is 0 Å². The summed E-state index contributed by atoms with van der Waals surface area (Å²) in [6.45, 7) is 8.60. The van der Waals surface area contributed by atoms with Crippen molar-refractivity contribution >= 4 is 11.8 Å². The summed E-state index contributed by atoms with van der Waals surface area (Å²) < 4.78 is 0. The Morgan fingerprint density at radius 2 is 1.61 bits per heavy atom. The Balaban J connectivity index is 2.45. The molecule has 2 amide bonds. The van der Waals surface area contributed by atoms with Gasteiger partial charge in [-0.05, 0) is 12.8 Å². The van der Waals surface area contributed by atoms with Crippen molar-refractivity contribution in [3.05, 3.63) is 0 Å². The molecule has 1 aliphatic rings. The van der Waals surface area contributed by atoms with Crippen LogP contribution in [0.2, 0.25) is 0 Å². The molecule has 0 aromatic rings. The van der Waals surface area contributed by atoms with E-state index >= 15 is 0 Å². The molecule has 0 aromatic carbocycles. The van der Waals surface area contributed by atoms with E-state index in [-0.39, 0.29) is 17.7 Å². The van der Waals surface area contributed by atoms with E-state index in [2.05, 4.69) is 13.8 Å². The monoisotopic (exact) mass is 254 g/mol. The third-order valence-corrected chi connectivity index (χ3v) is 3.78. The first-order chi connectivity index (χ1) is 8.60. The van der Waals surface area contributed by atoms with E-state index in [9.17, 15) is 9.59 Å². The molecule has 0 aromatic heterocycles. The van der Waals surface area contributed by atoms with Crippen molar-refractivity contribution in [2.24, 2.45) is 5.92 Å². The molecule has 0 saturated carbocycles. The van der Waals surface area contributed by atoms with Gasteiger partial charge >= 0.3 is 0 Å². The second-order valence-corrected chi connectivity index (χ2v) is 5.08. The molecule has 0 radical (unpaired) electrons. The topological polar surface area (TPSA) is 40.6 Å². The summed E-state index contributed by atoms with van der Waals surface area (Å²) in [5, 5.41) is 0. The molecule has 4 nitrogen and oxygen atoms in total. The average molecular weight is 254 g/mol. The van der Waals surface area contributed by atoms with E-state index in [1.807, 2.05) is 9.80 Å². The first kappa shape index (κ1) is 15.0. The van der Waals surface area contributed by atoms with Gasteiger partial charge < -0.3 is 9.80 Å². The summed E-state index contributed by atoms with van der Waals surface area (Å²) in [5.74, 6) is 0.572. The van der Waals surface area contributed by atoms with E-state index < -0.39 is 0 Å². The Morgan fingerprint density at radius 1 is 1.06 bits per heavy atom. The third kappa shape index (κ3) is 4.00. The lowest BCUT2D eigenvalue weighted by molar-refractivity contribution is -0.141. The molecule has 1 saturated heterocycles. The standard InChI is InChI=1S/C14H26N2O2/c1-4-6-7-13(5-2)14(18)16-10-8-15(9-11-16)12(3)17/h13H,4-11H2,1-3H3. The third-order valence-electron chi connectivity index (χ3n) is 3.78. The van der Waals surface area contributed by atoms with Crippen LogP contribution in [0.25, 0.3) is 0 Å². The molecule has 1 atom stereocenters. The zero-order valence-corrected chi connectivity index (χ0v) is 11.9. The van der Waals surface area contributed by atoms with Crippen LogP contribution in [0.5, 0.6) is 0 Å². The minimum Gasteiger partial charge on any atom is -0.339 e. The van der Waals surface area contributed by atoms with Crippen molar-refractivity contribution in [1.82, 2.24) is 9.80 Å². The van der Waals surface area contributed by atoms with E-state index in [1.165, 1.54) is 0 Å². The van der Waals surface area contributed by atoms with Crippen molar-refractivity contribution in [1.29, 1.82) is 0 Å². The number of carbonyl (C=O) groups excluding carboxylic acids is 2. The number of hydrogen-bond donors (Lipinski definition) is 0. The fourth-order valence-corrected chi connectivity index (χ4v) is 2.45. The lowest BCUT2D eigenvalue weighted by atomic mass is 9.97. The molecule has 0 bridgehead atoms. The molecular weight excluding hydrogens is 228 g/mol. The highest BCUT2D eigenvalue weighted by atomic mass is 16.2. The molecule has 1 aliphatic heterocycles. The lowest BCUT2D eigenvalue weighted by Crippen LogP contribution is -2.51. The van der Waals surface area contributed by atoms with E-state index in [1.54, 1.807) is 6.92 Å². The van der Waals surface area contributed by atoms with Gasteiger partial charge in [0.1, 0.15) is 0 Å². The number of rotatable bonds is 5. The van der Waals surface area contributed by atoms with Crippen LogP contribution >= 0.6 is 0 Å². The van der Waals surface area contributed by atoms with Crippen molar-refractivity contribution in [3.8, 4) is 0 Å². The summed E-state index contributed by atoms with van der Waals surface area (Å²) in [7, 11) is 0. The van der Waals surface area contributed by atoms with Crippen LogP contribution in [-0.2, 0) is 9.59 Å². The predicted octanol–water partition coefficient (Wildman–Crippen LogP) is 1.89. The number of carbonyl (C=O) groups is 2. The van der Waals surface area contributed by atoms with Gasteiger partial charge in [-0.15, -0.1) is 0 Å². The number of nitrogens with zero attached hydrogens (tertiary/aromatic N) is 2. The Morgan fingerprint density at radius 3 is 2.06 bits per heavy atom.